The molecule has 0 spiro atoms. The third-order valence-electron chi connectivity index (χ3n) is 5.23. The van der Waals surface area contributed by atoms with Crippen molar-refractivity contribution < 1.29 is 4.79 Å². The summed E-state index contributed by atoms with van der Waals surface area (Å²) in [5.74, 6) is 0.692. The van der Waals surface area contributed by atoms with Crippen molar-refractivity contribution >= 4 is 6.29 Å². The molecule has 0 amide bonds. The monoisotopic (exact) mass is 250 g/mol. The quantitative estimate of drug-likeness (QED) is 0.588. The van der Waals surface area contributed by atoms with Gasteiger partial charge in [-0.25, -0.2) is 0 Å². The zero-order chi connectivity index (χ0) is 14.0. The number of hydrogen-bond donors (Lipinski definition) is 0. The number of hydrogen-bond acceptors (Lipinski definition) is 1. The minimum absolute atomic E-state index is 0.159. The van der Waals surface area contributed by atoms with E-state index in [0.717, 1.165) is 18.3 Å². The Hall–Kier alpha value is -0.590. The Labute approximate surface area is 113 Å². The molecule has 1 heteroatoms. The summed E-state index contributed by atoms with van der Waals surface area (Å²) in [6.45, 7) is 13.2. The van der Waals surface area contributed by atoms with Gasteiger partial charge in [0, 0.05) is 0 Å². The summed E-state index contributed by atoms with van der Waals surface area (Å²) in [6, 6.07) is 0. The minimum atomic E-state index is 0.159. The second kappa shape index (κ2) is 5.59. The van der Waals surface area contributed by atoms with E-state index < -0.39 is 0 Å². The van der Waals surface area contributed by atoms with Crippen molar-refractivity contribution in [2.24, 2.45) is 16.7 Å². The van der Waals surface area contributed by atoms with Crippen molar-refractivity contribution in [1.82, 2.24) is 0 Å². The summed E-state index contributed by atoms with van der Waals surface area (Å²) in [4.78, 5) is 11.4. The molecule has 2 aliphatic carbocycles. The molecule has 104 valence electrons. The Morgan fingerprint density at radius 1 is 1.17 bits per heavy atom. The molecule has 2 aliphatic rings. The normalized spacial score (nSPS) is 34.2. The van der Waals surface area contributed by atoms with Crippen LogP contribution in [-0.2, 0) is 4.79 Å². The summed E-state index contributed by atoms with van der Waals surface area (Å²) >= 11 is 0. The molecule has 0 aliphatic heterocycles. The molecule has 2 unspecified atom stereocenters. The fourth-order valence-electron chi connectivity index (χ4n) is 4.37. The summed E-state index contributed by atoms with van der Waals surface area (Å²) in [5, 5.41) is 0. The summed E-state index contributed by atoms with van der Waals surface area (Å²) in [7, 11) is 0. The number of aldehydes is 1. The Kier molecular flexibility index (Phi) is 4.80. The maximum Gasteiger partial charge on any atom is 0.146 e. The van der Waals surface area contributed by atoms with Crippen LogP contribution >= 0.6 is 0 Å². The summed E-state index contributed by atoms with van der Waals surface area (Å²) in [5.41, 5.74) is 3.02. The first-order valence-electron chi connectivity index (χ1n) is 7.57. The van der Waals surface area contributed by atoms with Gasteiger partial charge in [-0.05, 0) is 54.9 Å². The van der Waals surface area contributed by atoms with Crippen LogP contribution in [-0.4, -0.2) is 6.29 Å². The zero-order valence-corrected chi connectivity index (χ0v) is 13.1. The van der Waals surface area contributed by atoms with E-state index in [1.165, 1.54) is 31.3 Å². The van der Waals surface area contributed by atoms with Gasteiger partial charge < -0.3 is 0 Å². The van der Waals surface area contributed by atoms with E-state index >= 15 is 0 Å². The van der Waals surface area contributed by atoms with Crippen LogP contribution in [0.3, 0.4) is 0 Å². The highest BCUT2D eigenvalue weighted by Gasteiger charge is 2.49. The number of rotatable bonds is 1. The maximum absolute atomic E-state index is 11.4. The number of carbonyl (C=O) groups excluding carboxylic acids is 1. The van der Waals surface area contributed by atoms with Crippen LogP contribution in [0.15, 0.2) is 11.1 Å². The largest absolute Gasteiger partial charge is 0.298 e. The topological polar surface area (TPSA) is 17.1 Å². The number of fused-ring (bicyclic) bond motifs is 1. The molecule has 1 saturated carbocycles. The van der Waals surface area contributed by atoms with Gasteiger partial charge in [-0.1, -0.05) is 46.6 Å². The highest BCUT2D eigenvalue weighted by atomic mass is 16.1. The Morgan fingerprint density at radius 3 is 2.33 bits per heavy atom. The molecule has 1 fully saturated rings. The van der Waals surface area contributed by atoms with Crippen LogP contribution in [0.4, 0.5) is 0 Å². The molecule has 1 nitrogen and oxygen atoms in total. The first kappa shape index (κ1) is 15.5. The lowest BCUT2D eigenvalue weighted by molar-refractivity contribution is -0.107. The summed E-state index contributed by atoms with van der Waals surface area (Å²) in [6.07, 6.45) is 7.32. The average molecular weight is 250 g/mol. The lowest BCUT2D eigenvalue weighted by Crippen LogP contribution is -2.45. The fourth-order valence-corrected chi connectivity index (χ4v) is 4.37. The smallest absolute Gasteiger partial charge is 0.146 e. The molecule has 0 bridgehead atoms. The summed E-state index contributed by atoms with van der Waals surface area (Å²) < 4.78 is 0. The molecule has 0 aromatic heterocycles. The van der Waals surface area contributed by atoms with Crippen LogP contribution < -0.4 is 0 Å². The molecule has 18 heavy (non-hydrogen) atoms. The molecule has 0 heterocycles. The average Bonchev–Trinajstić information content (AvgIpc) is 2.30. The van der Waals surface area contributed by atoms with Crippen LogP contribution in [0.1, 0.15) is 73.6 Å². The Morgan fingerprint density at radius 2 is 1.78 bits per heavy atom. The first-order chi connectivity index (χ1) is 8.42. The van der Waals surface area contributed by atoms with E-state index in [1.54, 1.807) is 0 Å². The zero-order valence-electron chi connectivity index (χ0n) is 13.1. The molecule has 0 radical (unpaired) electrons. The van der Waals surface area contributed by atoms with Gasteiger partial charge in [-0.15, -0.1) is 0 Å². The molecule has 2 atom stereocenters. The minimum Gasteiger partial charge on any atom is -0.298 e. The van der Waals surface area contributed by atoms with Gasteiger partial charge >= 0.3 is 0 Å². The van der Waals surface area contributed by atoms with Crippen LogP contribution in [0.25, 0.3) is 0 Å². The van der Waals surface area contributed by atoms with Crippen molar-refractivity contribution in [2.75, 3.05) is 0 Å². The fraction of sp³-hybridized carbons (Fsp3) is 0.824. The van der Waals surface area contributed by atoms with Crippen molar-refractivity contribution in [2.45, 2.75) is 73.6 Å². The maximum atomic E-state index is 11.4. The third-order valence-corrected chi connectivity index (χ3v) is 5.23. The van der Waals surface area contributed by atoms with Crippen LogP contribution in [0, 0.1) is 16.7 Å². The van der Waals surface area contributed by atoms with Crippen molar-refractivity contribution in [3.63, 3.8) is 0 Å². The molecule has 0 saturated heterocycles. The predicted octanol–water partition coefficient (Wildman–Crippen LogP) is 5.15. The molecule has 0 aromatic carbocycles. The van der Waals surface area contributed by atoms with Gasteiger partial charge in [-0.2, -0.15) is 0 Å². The van der Waals surface area contributed by atoms with Crippen molar-refractivity contribution in [1.29, 1.82) is 0 Å². The Balaban J connectivity index is 0.000000771. The highest BCUT2D eigenvalue weighted by Crippen LogP contribution is 2.58. The van der Waals surface area contributed by atoms with Crippen LogP contribution in [0.5, 0.6) is 0 Å². The highest BCUT2D eigenvalue weighted by molar-refractivity contribution is 5.77. The van der Waals surface area contributed by atoms with E-state index in [0.29, 0.717) is 11.3 Å². The lowest BCUT2D eigenvalue weighted by atomic mass is 9.50. The molecular formula is C17H30O. The third kappa shape index (κ3) is 2.41. The first-order valence-corrected chi connectivity index (χ1v) is 7.57. The molecule has 0 N–H and O–H groups in total. The van der Waals surface area contributed by atoms with Gasteiger partial charge in [0.15, 0.2) is 0 Å². The molecule has 2 rings (SSSR count). The van der Waals surface area contributed by atoms with Gasteiger partial charge in [0.2, 0.25) is 0 Å². The predicted molar refractivity (Wildman–Crippen MR) is 78.6 cm³/mol. The molecule has 0 aromatic rings. The van der Waals surface area contributed by atoms with Gasteiger partial charge in [-0.3, -0.25) is 4.79 Å². The second-order valence-corrected chi connectivity index (χ2v) is 6.66. The molecular weight excluding hydrogens is 220 g/mol. The van der Waals surface area contributed by atoms with E-state index in [9.17, 15) is 4.79 Å². The van der Waals surface area contributed by atoms with Gasteiger partial charge in [0.1, 0.15) is 6.29 Å². The standard InChI is InChI=1S/C15H24O.C2H6/c1-11-6-7-13-14(2,3)8-5-9-15(13,4)12(11)10-16;1-2/h10,13H,5-9H2,1-4H3;1-2H3. The Bertz CT molecular complexity index is 338. The second-order valence-electron chi connectivity index (χ2n) is 6.66. The van der Waals surface area contributed by atoms with E-state index in [-0.39, 0.29) is 5.41 Å². The SMILES string of the molecule is CC.CC1=C(C=O)C2(C)CCCC(C)(C)C2CC1. The van der Waals surface area contributed by atoms with E-state index in [1.807, 2.05) is 13.8 Å². The lowest BCUT2D eigenvalue weighted by Gasteiger charge is -2.54. The van der Waals surface area contributed by atoms with Crippen molar-refractivity contribution in [3.8, 4) is 0 Å². The van der Waals surface area contributed by atoms with E-state index in [2.05, 4.69) is 27.7 Å². The van der Waals surface area contributed by atoms with Gasteiger partial charge in [0.25, 0.3) is 0 Å². The van der Waals surface area contributed by atoms with Crippen molar-refractivity contribution in [3.05, 3.63) is 11.1 Å². The van der Waals surface area contributed by atoms with Gasteiger partial charge in [0.05, 0.1) is 0 Å². The number of carbonyl (C=O) groups is 1. The van der Waals surface area contributed by atoms with Crippen LogP contribution in [0.2, 0.25) is 0 Å². The number of allylic oxidation sites excluding steroid dienone is 2. The van der Waals surface area contributed by atoms with E-state index in [4.69, 9.17) is 0 Å².